The average Bonchev–Trinajstić information content (AvgIpc) is 3.44. The maximum absolute atomic E-state index is 10.4. The van der Waals surface area contributed by atoms with Gasteiger partial charge in [0.05, 0.1) is 28.6 Å². The van der Waals surface area contributed by atoms with Gasteiger partial charge >= 0.3 is 6.09 Å². The zero-order chi connectivity index (χ0) is 19.3. The van der Waals surface area contributed by atoms with E-state index in [1.54, 1.807) is 0 Å². The summed E-state index contributed by atoms with van der Waals surface area (Å²) in [6.45, 7) is 1.37. The molecule has 0 spiro atoms. The predicted octanol–water partition coefficient (Wildman–Crippen LogP) is 4.20. The first-order valence-corrected chi connectivity index (χ1v) is 9.97. The standard InChI is InChI=1S/C21H25N5O2/c27-21(28)22-11-5-1-2-6-12-26-14-16(13-23-26)20-19(15-9-10-15)24-17-7-3-4-8-18(17)25-20/h3-4,7-8,13-15,22H,1-2,5-6,9-12H2,(H,27,28). The van der Waals surface area contributed by atoms with E-state index in [-0.39, 0.29) is 0 Å². The zero-order valence-corrected chi connectivity index (χ0v) is 15.8. The zero-order valence-electron chi connectivity index (χ0n) is 15.8. The smallest absolute Gasteiger partial charge is 0.404 e. The first kappa shape index (κ1) is 18.4. The summed E-state index contributed by atoms with van der Waals surface area (Å²) < 4.78 is 1.97. The SMILES string of the molecule is O=C(O)NCCCCCCn1cc(-c2nc3ccccc3nc2C2CC2)cn1. The second-order valence-corrected chi connectivity index (χ2v) is 7.36. The number of amides is 1. The van der Waals surface area contributed by atoms with Crippen LogP contribution in [-0.2, 0) is 6.54 Å². The van der Waals surface area contributed by atoms with Gasteiger partial charge in [-0.3, -0.25) is 4.68 Å². The van der Waals surface area contributed by atoms with Crippen molar-refractivity contribution in [2.24, 2.45) is 0 Å². The third kappa shape index (κ3) is 4.47. The molecule has 146 valence electrons. The third-order valence-corrected chi connectivity index (χ3v) is 5.06. The predicted molar refractivity (Wildman–Crippen MR) is 107 cm³/mol. The van der Waals surface area contributed by atoms with E-state index in [0.717, 1.165) is 60.2 Å². The summed E-state index contributed by atoms with van der Waals surface area (Å²) >= 11 is 0. The van der Waals surface area contributed by atoms with Gasteiger partial charge in [-0.05, 0) is 37.8 Å². The maximum atomic E-state index is 10.4. The van der Waals surface area contributed by atoms with Crippen molar-refractivity contribution in [3.63, 3.8) is 0 Å². The molecule has 2 N–H and O–H groups in total. The Hall–Kier alpha value is -2.96. The van der Waals surface area contributed by atoms with Crippen LogP contribution in [0.1, 0.15) is 50.1 Å². The molecule has 0 radical (unpaired) electrons. The molecule has 0 saturated heterocycles. The molecule has 0 bridgehead atoms. The molecule has 2 aromatic heterocycles. The van der Waals surface area contributed by atoms with Gasteiger partial charge in [0.25, 0.3) is 0 Å². The molecule has 3 aromatic rings. The maximum Gasteiger partial charge on any atom is 0.404 e. The summed E-state index contributed by atoms with van der Waals surface area (Å²) in [5, 5.41) is 15.4. The summed E-state index contributed by atoms with van der Waals surface area (Å²) in [5.74, 6) is 0.523. The largest absolute Gasteiger partial charge is 0.465 e. The van der Waals surface area contributed by atoms with Crippen LogP contribution in [0.4, 0.5) is 4.79 Å². The van der Waals surface area contributed by atoms with Crippen molar-refractivity contribution < 1.29 is 9.90 Å². The van der Waals surface area contributed by atoms with Gasteiger partial charge in [0, 0.05) is 30.8 Å². The van der Waals surface area contributed by atoms with Crippen LogP contribution < -0.4 is 5.32 Å². The molecule has 1 aliphatic carbocycles. The van der Waals surface area contributed by atoms with Crippen molar-refractivity contribution in [3.05, 3.63) is 42.4 Å². The number of aromatic nitrogens is 4. The number of benzene rings is 1. The number of aryl methyl sites for hydroxylation is 1. The Morgan fingerprint density at radius 1 is 1.11 bits per heavy atom. The van der Waals surface area contributed by atoms with Gasteiger partial charge < -0.3 is 10.4 Å². The summed E-state index contributed by atoms with van der Waals surface area (Å²) in [5.41, 5.74) is 4.98. The molecule has 7 heteroatoms. The average molecular weight is 379 g/mol. The van der Waals surface area contributed by atoms with E-state index >= 15 is 0 Å². The first-order valence-electron chi connectivity index (χ1n) is 9.97. The molecule has 1 amide bonds. The van der Waals surface area contributed by atoms with Crippen LogP contribution in [0.15, 0.2) is 36.7 Å². The lowest BCUT2D eigenvalue weighted by molar-refractivity contribution is 0.194. The molecular formula is C21H25N5O2. The summed E-state index contributed by atoms with van der Waals surface area (Å²) in [6.07, 6.45) is 9.33. The van der Waals surface area contributed by atoms with E-state index in [0.29, 0.717) is 12.5 Å². The normalized spacial score (nSPS) is 13.7. The number of hydrogen-bond donors (Lipinski definition) is 2. The molecule has 7 nitrogen and oxygen atoms in total. The first-order chi connectivity index (χ1) is 13.7. The van der Waals surface area contributed by atoms with Crippen LogP contribution in [0, 0.1) is 0 Å². The number of carboxylic acid groups (broad SMARTS) is 1. The van der Waals surface area contributed by atoms with Gasteiger partial charge in [-0.25, -0.2) is 14.8 Å². The Morgan fingerprint density at radius 2 is 1.86 bits per heavy atom. The van der Waals surface area contributed by atoms with Crippen LogP contribution >= 0.6 is 0 Å². The van der Waals surface area contributed by atoms with Gasteiger partial charge in [0.1, 0.15) is 0 Å². The highest BCUT2D eigenvalue weighted by molar-refractivity contribution is 5.78. The quantitative estimate of drug-likeness (QED) is 0.544. The van der Waals surface area contributed by atoms with Crippen molar-refractivity contribution in [2.45, 2.75) is 51.0 Å². The van der Waals surface area contributed by atoms with Crippen molar-refractivity contribution in [2.75, 3.05) is 6.54 Å². The van der Waals surface area contributed by atoms with Crippen molar-refractivity contribution in [1.29, 1.82) is 0 Å². The summed E-state index contributed by atoms with van der Waals surface area (Å²) in [7, 11) is 0. The molecule has 4 rings (SSSR count). The van der Waals surface area contributed by atoms with Gasteiger partial charge in [-0.1, -0.05) is 25.0 Å². The molecule has 28 heavy (non-hydrogen) atoms. The molecular weight excluding hydrogens is 354 g/mol. The number of carbonyl (C=O) groups is 1. The highest BCUT2D eigenvalue weighted by atomic mass is 16.4. The lowest BCUT2D eigenvalue weighted by Gasteiger charge is -2.07. The third-order valence-electron chi connectivity index (χ3n) is 5.06. The van der Waals surface area contributed by atoms with Crippen LogP contribution in [0.3, 0.4) is 0 Å². The Kier molecular flexibility index (Phi) is 5.50. The number of nitrogens with zero attached hydrogens (tertiary/aromatic N) is 4. The van der Waals surface area contributed by atoms with Crippen molar-refractivity contribution in [3.8, 4) is 11.3 Å². The van der Waals surface area contributed by atoms with E-state index in [9.17, 15) is 4.79 Å². The molecule has 1 fully saturated rings. The van der Waals surface area contributed by atoms with Crippen molar-refractivity contribution >= 4 is 17.1 Å². The highest BCUT2D eigenvalue weighted by Gasteiger charge is 2.29. The van der Waals surface area contributed by atoms with E-state index in [2.05, 4.69) is 16.6 Å². The number of hydrogen-bond acceptors (Lipinski definition) is 4. The molecule has 0 atom stereocenters. The molecule has 0 aliphatic heterocycles. The fourth-order valence-electron chi connectivity index (χ4n) is 3.42. The molecule has 1 aromatic carbocycles. The Bertz CT molecular complexity index is 964. The number of rotatable bonds is 9. The minimum Gasteiger partial charge on any atom is -0.465 e. The number of unbranched alkanes of at least 4 members (excludes halogenated alkanes) is 3. The van der Waals surface area contributed by atoms with Crippen LogP contribution in [0.2, 0.25) is 0 Å². The highest BCUT2D eigenvalue weighted by Crippen LogP contribution is 2.43. The minimum absolute atomic E-state index is 0.520. The molecule has 1 aliphatic rings. The summed E-state index contributed by atoms with van der Waals surface area (Å²) in [6, 6.07) is 8.02. The van der Waals surface area contributed by atoms with Gasteiger partial charge in [0.2, 0.25) is 0 Å². The molecule has 2 heterocycles. The topological polar surface area (TPSA) is 92.9 Å². The monoisotopic (exact) mass is 379 g/mol. The Balaban J connectivity index is 1.39. The van der Waals surface area contributed by atoms with E-state index in [1.807, 2.05) is 35.1 Å². The van der Waals surface area contributed by atoms with Crippen molar-refractivity contribution in [1.82, 2.24) is 25.1 Å². The number of fused-ring (bicyclic) bond motifs is 1. The minimum atomic E-state index is -0.952. The Labute approximate surface area is 163 Å². The fourth-order valence-corrected chi connectivity index (χ4v) is 3.42. The second kappa shape index (κ2) is 8.37. The van der Waals surface area contributed by atoms with Gasteiger partial charge in [-0.15, -0.1) is 0 Å². The summed E-state index contributed by atoms with van der Waals surface area (Å²) in [4.78, 5) is 20.2. The van der Waals surface area contributed by atoms with Crippen LogP contribution in [0.5, 0.6) is 0 Å². The van der Waals surface area contributed by atoms with E-state index < -0.39 is 6.09 Å². The number of nitrogens with one attached hydrogen (secondary N) is 1. The lowest BCUT2D eigenvalue weighted by atomic mass is 10.1. The van der Waals surface area contributed by atoms with Crippen LogP contribution in [0.25, 0.3) is 22.3 Å². The van der Waals surface area contributed by atoms with Crippen LogP contribution in [-0.4, -0.2) is 37.5 Å². The Morgan fingerprint density at radius 3 is 2.61 bits per heavy atom. The number of para-hydroxylation sites is 2. The van der Waals surface area contributed by atoms with E-state index in [1.165, 1.54) is 12.8 Å². The van der Waals surface area contributed by atoms with Gasteiger partial charge in [0.15, 0.2) is 0 Å². The molecule has 1 saturated carbocycles. The fraction of sp³-hybridized carbons (Fsp3) is 0.429. The van der Waals surface area contributed by atoms with Gasteiger partial charge in [-0.2, -0.15) is 5.10 Å². The van der Waals surface area contributed by atoms with E-state index in [4.69, 9.17) is 15.1 Å². The lowest BCUT2D eigenvalue weighted by Crippen LogP contribution is -2.21. The second-order valence-electron chi connectivity index (χ2n) is 7.36. The molecule has 0 unspecified atom stereocenters.